The van der Waals surface area contributed by atoms with Crippen LogP contribution in [-0.4, -0.2) is 71.0 Å². The maximum absolute atomic E-state index is 15.8. The quantitative estimate of drug-likeness (QED) is 0.0125. The lowest BCUT2D eigenvalue weighted by Crippen LogP contribution is -2.60. The highest BCUT2D eigenvalue weighted by Gasteiger charge is 2.58. The Hall–Kier alpha value is -9.53. The number of thiazole rings is 1. The Morgan fingerprint density at radius 2 is 1.15 bits per heavy atom. The highest BCUT2D eigenvalue weighted by atomic mass is 32.2. The van der Waals surface area contributed by atoms with Gasteiger partial charge in [0.15, 0.2) is 16.1 Å². The van der Waals surface area contributed by atoms with E-state index in [1.165, 1.54) is 40.2 Å². The number of hydrogen-bond acceptors (Lipinski definition) is 15. The molecule has 2 atom stereocenters. The summed E-state index contributed by atoms with van der Waals surface area (Å²) in [4.78, 5) is 70.5. The number of fused-ring (bicyclic) bond motifs is 1. The number of rotatable bonds is 22. The third kappa shape index (κ3) is 13.0. The van der Waals surface area contributed by atoms with E-state index in [1.54, 1.807) is 26.2 Å². The summed E-state index contributed by atoms with van der Waals surface area (Å²) < 4.78 is 14.3. The molecule has 3 amide bonds. The minimum atomic E-state index is -1.76. The third-order valence-electron chi connectivity index (χ3n) is 15.3. The van der Waals surface area contributed by atoms with E-state index >= 15 is 9.59 Å². The lowest BCUT2D eigenvalue weighted by atomic mass is 9.77. The molecule has 2 aromatic heterocycles. The van der Waals surface area contributed by atoms with Gasteiger partial charge in [0.25, 0.3) is 5.91 Å². The predicted octanol–water partition coefficient (Wildman–Crippen LogP) is 14.7. The first-order valence-corrected chi connectivity index (χ1v) is 33.3. The van der Waals surface area contributed by atoms with Crippen molar-refractivity contribution >= 4 is 81.8 Å². The zero-order valence-corrected chi connectivity index (χ0v) is 53.0. The molecule has 15 nitrogen and oxygen atoms in total. The number of amides is 3. The first kappa shape index (κ1) is 61.7. The number of oxime groups is 1. The second kappa shape index (κ2) is 27.3. The summed E-state index contributed by atoms with van der Waals surface area (Å²) in [5.74, 6) is -1.51. The average molecular weight is 1280 g/mol. The van der Waals surface area contributed by atoms with Crippen molar-refractivity contribution < 1.29 is 33.5 Å². The Morgan fingerprint density at radius 1 is 0.681 bits per heavy atom. The number of nitrogens with zero attached hydrogens (tertiary/aromatic N) is 6. The number of nitrogens with one attached hydrogen (secondary N) is 2. The topological polar surface area (TPSA) is 179 Å². The molecular formula is C72H62N8O7S4. The lowest BCUT2D eigenvalue weighted by molar-refractivity contribution is -0.152. The molecule has 0 bridgehead atoms. The first-order valence-electron chi connectivity index (χ1n) is 29.4. The zero-order chi connectivity index (χ0) is 62.8. The van der Waals surface area contributed by atoms with Gasteiger partial charge in [-0.2, -0.15) is 0 Å². The molecular weight excluding hydrogens is 1220 g/mol. The number of ether oxygens (including phenoxy) is 2. The normalized spacial score (nSPS) is 15.8. The maximum atomic E-state index is 15.8. The van der Waals surface area contributed by atoms with Crippen molar-refractivity contribution in [3.05, 3.63) is 321 Å². The lowest BCUT2D eigenvalue weighted by Gasteiger charge is -2.51. The minimum Gasteiger partial charge on any atom is -0.448 e. The summed E-state index contributed by atoms with van der Waals surface area (Å²) >= 11 is 5.07. The third-order valence-corrected chi connectivity index (χ3v) is 20.1. The van der Waals surface area contributed by atoms with Crippen LogP contribution in [0.25, 0.3) is 0 Å². The Balaban J connectivity index is 0.959. The van der Waals surface area contributed by atoms with Gasteiger partial charge in [-0.25, -0.2) is 19.3 Å². The smallest absolute Gasteiger partial charge is 0.413 e. The number of carbonyl (C=O) groups excluding carboxylic acids is 4. The molecule has 0 aliphatic carbocycles. The number of aromatic nitrogens is 4. The number of thioether (sulfide) groups is 3. The summed E-state index contributed by atoms with van der Waals surface area (Å²) in [5, 5.41) is 21.6. The molecule has 456 valence electrons. The van der Waals surface area contributed by atoms with Crippen molar-refractivity contribution in [2.24, 2.45) is 5.16 Å². The highest BCUT2D eigenvalue weighted by Crippen LogP contribution is 2.58. The van der Waals surface area contributed by atoms with E-state index in [-0.39, 0.29) is 38.8 Å². The van der Waals surface area contributed by atoms with Crippen LogP contribution in [-0.2, 0) is 50.5 Å². The molecule has 2 aliphatic heterocycles. The van der Waals surface area contributed by atoms with Crippen LogP contribution >= 0.6 is 46.6 Å². The van der Waals surface area contributed by atoms with E-state index in [1.807, 2.05) is 217 Å². The molecule has 1 unspecified atom stereocenters. The number of benzene rings is 8. The van der Waals surface area contributed by atoms with Crippen LogP contribution in [0, 0.1) is 0 Å². The largest absolute Gasteiger partial charge is 0.448 e. The summed E-state index contributed by atoms with van der Waals surface area (Å²) in [6.45, 7) is 5.27. The van der Waals surface area contributed by atoms with Crippen molar-refractivity contribution in [2.45, 2.75) is 66.0 Å². The van der Waals surface area contributed by atoms with E-state index in [4.69, 9.17) is 29.6 Å². The molecule has 12 rings (SSSR count). The predicted molar refractivity (Wildman–Crippen MR) is 360 cm³/mol. The van der Waals surface area contributed by atoms with Crippen LogP contribution in [0.3, 0.4) is 0 Å². The average Bonchev–Trinajstić information content (AvgIpc) is 1.67. The second-order valence-electron chi connectivity index (χ2n) is 22.3. The van der Waals surface area contributed by atoms with Gasteiger partial charge in [-0.15, -0.1) is 40.0 Å². The van der Waals surface area contributed by atoms with Crippen LogP contribution in [0.2, 0.25) is 0 Å². The molecule has 4 heterocycles. The molecule has 91 heavy (non-hydrogen) atoms. The number of β-lactam (4-membered cyclic amide) rings is 1. The SMILES string of the molecule is CC(C)(C)OC(=O)Nc1nc(C2(NC(=O)/C=N\OC(c3ccccc3)(c3ccccc3)c3ccccc3)S[C@@H]3CC(=O)N3C(C(=O)OC(c3ccccc3)c3ccccc3)=C2SCSCc2cn(C(c3ccccc3)(c3ccccc3)c3ccccc3)nn2)cs1. The Bertz CT molecular complexity index is 3970. The summed E-state index contributed by atoms with van der Waals surface area (Å²) in [7, 11) is 0. The number of carbonyl (C=O) groups is 4. The minimum absolute atomic E-state index is 0.0107. The van der Waals surface area contributed by atoms with Crippen molar-refractivity contribution in [3.8, 4) is 0 Å². The zero-order valence-electron chi connectivity index (χ0n) is 49.8. The van der Waals surface area contributed by atoms with Gasteiger partial charge in [0.05, 0.1) is 34.3 Å². The Morgan fingerprint density at radius 3 is 1.63 bits per heavy atom. The van der Waals surface area contributed by atoms with Gasteiger partial charge in [-0.1, -0.05) is 265 Å². The van der Waals surface area contributed by atoms with E-state index in [0.29, 0.717) is 22.6 Å². The molecule has 1 fully saturated rings. The fraction of sp³-hybridized carbons (Fsp3) is 0.167. The van der Waals surface area contributed by atoms with Gasteiger partial charge in [0.1, 0.15) is 23.1 Å². The van der Waals surface area contributed by atoms with E-state index in [2.05, 4.69) is 52.2 Å². The Labute approximate surface area is 544 Å². The van der Waals surface area contributed by atoms with Gasteiger partial charge >= 0.3 is 12.1 Å². The Kier molecular flexibility index (Phi) is 18.5. The fourth-order valence-corrected chi connectivity index (χ4v) is 16.2. The number of hydrogen-bond donors (Lipinski definition) is 2. The van der Waals surface area contributed by atoms with Crippen LogP contribution in [0.15, 0.2) is 270 Å². The van der Waals surface area contributed by atoms with Gasteiger partial charge in [-0.05, 0) is 48.6 Å². The summed E-state index contributed by atoms with van der Waals surface area (Å²) in [5.41, 5.74) is 4.36. The van der Waals surface area contributed by atoms with Crippen LogP contribution in [0.5, 0.6) is 0 Å². The number of anilines is 1. The molecule has 0 saturated carbocycles. The highest BCUT2D eigenvalue weighted by molar-refractivity contribution is 8.18. The van der Waals surface area contributed by atoms with Gasteiger partial charge in [-0.3, -0.25) is 19.8 Å². The molecule has 1 saturated heterocycles. The maximum Gasteiger partial charge on any atom is 0.413 e. The van der Waals surface area contributed by atoms with Crippen molar-refractivity contribution in [1.29, 1.82) is 0 Å². The van der Waals surface area contributed by atoms with E-state index < -0.39 is 51.1 Å². The van der Waals surface area contributed by atoms with E-state index in [9.17, 15) is 9.59 Å². The molecule has 10 aromatic rings. The van der Waals surface area contributed by atoms with Gasteiger partial charge in [0.2, 0.25) is 11.5 Å². The molecule has 8 aromatic carbocycles. The van der Waals surface area contributed by atoms with Crippen molar-refractivity contribution in [1.82, 2.24) is 30.2 Å². The van der Waals surface area contributed by atoms with Crippen molar-refractivity contribution in [2.75, 3.05) is 10.4 Å². The van der Waals surface area contributed by atoms with Crippen LogP contribution < -0.4 is 10.6 Å². The summed E-state index contributed by atoms with van der Waals surface area (Å²) in [6, 6.07) is 78.3. The van der Waals surface area contributed by atoms with Crippen molar-refractivity contribution in [3.63, 3.8) is 0 Å². The van der Waals surface area contributed by atoms with Crippen LogP contribution in [0.4, 0.5) is 9.93 Å². The molecule has 0 spiro atoms. The van der Waals surface area contributed by atoms with Gasteiger partial charge < -0.3 is 19.6 Å². The monoisotopic (exact) mass is 1280 g/mol. The molecule has 2 N–H and O–H groups in total. The summed E-state index contributed by atoms with van der Waals surface area (Å²) in [6.07, 6.45) is 1.38. The fourth-order valence-electron chi connectivity index (χ4n) is 11.3. The van der Waals surface area contributed by atoms with Crippen LogP contribution in [0.1, 0.15) is 89.2 Å². The van der Waals surface area contributed by atoms with E-state index in [0.717, 1.165) is 50.9 Å². The van der Waals surface area contributed by atoms with Gasteiger partial charge in [0, 0.05) is 32.9 Å². The first-order chi connectivity index (χ1) is 44.4. The molecule has 19 heteroatoms. The molecule has 0 radical (unpaired) electrons. The molecule has 2 aliphatic rings. The standard InChI is InChI=1S/C72H62N8O7S4/c1-69(2,3)86-68(84)75-67-74-59(48-89-67)72(76-60(81)45-73-87-71(55-38-22-9-23-39-55,56-40-24-10-25-41-56)57-42-26-11-27-43-57)65(63(80-61(82)44-62(80)91-72)66(83)85-64(50-28-12-4-13-29-50)51-30-14-5-15-31-51)90-49-88-47-58-46-79(78-77-58)70(52-32-16-6-17-33-52,53-34-18-7-19-35-53)54-36-20-8-21-37-54/h4-43,45-46,48,62,64H,44,47,49H2,1-3H3,(H,76,81)(H,74,75,84)/b73-45-/t62-,72?/m1/s1. The second-order valence-corrected chi connectivity index (χ2v) is 26.9. The number of esters is 1.